The van der Waals surface area contributed by atoms with Crippen molar-refractivity contribution in [3.05, 3.63) is 22.3 Å². The highest BCUT2D eigenvalue weighted by molar-refractivity contribution is 14.1. The maximum Gasteiger partial charge on any atom is 0.337 e. The molecular weight excluding hydrogens is 575 g/mol. The first-order chi connectivity index (χ1) is 8.38. The maximum atomic E-state index is 11.2. The molecule has 1 aromatic carbocycles. The average molecular weight is 587 g/mol. The van der Waals surface area contributed by atoms with E-state index in [-0.39, 0.29) is 6.10 Å². The van der Waals surface area contributed by atoms with E-state index in [1.165, 1.54) is 0 Å². The first kappa shape index (κ1) is 16.7. The summed E-state index contributed by atoms with van der Waals surface area (Å²) in [5.74, 6) is -0.900. The van der Waals surface area contributed by atoms with E-state index >= 15 is 0 Å². The van der Waals surface area contributed by atoms with Gasteiger partial charge < -0.3 is 15.2 Å². The van der Waals surface area contributed by atoms with Crippen LogP contribution in [0.15, 0.2) is 6.07 Å². The van der Waals surface area contributed by atoms with Gasteiger partial charge in [-0.25, -0.2) is 4.79 Å². The number of ether oxygens (including phenoxy) is 1. The van der Waals surface area contributed by atoms with Crippen molar-refractivity contribution >= 4 is 79.4 Å². The molecule has 0 aliphatic heterocycles. The zero-order valence-electron chi connectivity index (χ0n) is 9.76. The third-order valence-corrected chi connectivity index (χ3v) is 5.13. The minimum Gasteiger partial charge on any atom is -0.478 e. The van der Waals surface area contributed by atoms with Gasteiger partial charge in [-0.1, -0.05) is 0 Å². The molecule has 1 unspecified atom stereocenters. The number of nitrogens with one attached hydrogen (secondary N) is 1. The van der Waals surface area contributed by atoms with Crippen LogP contribution in [0.25, 0.3) is 0 Å². The van der Waals surface area contributed by atoms with Gasteiger partial charge in [0.1, 0.15) is 0 Å². The van der Waals surface area contributed by atoms with Gasteiger partial charge in [-0.3, -0.25) is 0 Å². The predicted octanol–water partition coefficient (Wildman–Crippen LogP) is 3.65. The highest BCUT2D eigenvalue weighted by Gasteiger charge is 2.19. The number of hydrogen-bond donors (Lipinski definition) is 2. The fraction of sp³-hybridized carbons (Fsp3) is 0.364. The van der Waals surface area contributed by atoms with Crippen LogP contribution in [0.4, 0.5) is 5.69 Å². The summed E-state index contributed by atoms with van der Waals surface area (Å²) in [4.78, 5) is 11.2. The highest BCUT2D eigenvalue weighted by atomic mass is 127. The zero-order valence-corrected chi connectivity index (χ0v) is 16.2. The van der Waals surface area contributed by atoms with E-state index in [9.17, 15) is 9.90 Å². The van der Waals surface area contributed by atoms with E-state index < -0.39 is 5.97 Å². The van der Waals surface area contributed by atoms with Gasteiger partial charge in [0.15, 0.2) is 0 Å². The van der Waals surface area contributed by atoms with Gasteiger partial charge >= 0.3 is 5.97 Å². The molecule has 1 rings (SSSR count). The largest absolute Gasteiger partial charge is 0.478 e. The van der Waals surface area contributed by atoms with E-state index in [2.05, 4.69) is 50.5 Å². The second-order valence-electron chi connectivity index (χ2n) is 3.64. The van der Waals surface area contributed by atoms with Crippen molar-refractivity contribution in [2.45, 2.75) is 13.0 Å². The van der Waals surface area contributed by atoms with E-state index in [0.717, 1.165) is 16.4 Å². The lowest BCUT2D eigenvalue weighted by Crippen LogP contribution is -2.20. The Bertz CT molecular complexity index is 465. The highest BCUT2D eigenvalue weighted by Crippen LogP contribution is 2.31. The molecule has 7 heteroatoms. The molecule has 2 N–H and O–H groups in total. The summed E-state index contributed by atoms with van der Waals surface area (Å²) in [5.41, 5.74) is 1.21. The summed E-state index contributed by atoms with van der Waals surface area (Å²) >= 11 is 6.33. The van der Waals surface area contributed by atoms with Gasteiger partial charge in [0, 0.05) is 20.8 Å². The maximum absolute atomic E-state index is 11.2. The average Bonchev–Trinajstić information content (AvgIpc) is 2.27. The molecule has 0 aromatic heterocycles. The normalized spacial score (nSPS) is 12.3. The molecule has 4 nitrogen and oxygen atoms in total. The Balaban J connectivity index is 3.11. The number of carboxylic acids is 1. The van der Waals surface area contributed by atoms with Crippen LogP contribution >= 0.6 is 67.8 Å². The Labute approximate surface area is 147 Å². The van der Waals surface area contributed by atoms with Crippen LogP contribution in [0.5, 0.6) is 0 Å². The SMILES string of the molecule is COC(C)CNc1c(I)cc(I)c(C(=O)O)c1I. The van der Waals surface area contributed by atoms with Gasteiger partial charge in [-0.05, 0) is 80.8 Å². The van der Waals surface area contributed by atoms with Gasteiger partial charge in [0.05, 0.1) is 20.9 Å². The van der Waals surface area contributed by atoms with E-state index in [4.69, 9.17) is 4.74 Å². The molecule has 0 spiro atoms. The summed E-state index contributed by atoms with van der Waals surface area (Å²) < 4.78 is 7.66. The lowest BCUT2D eigenvalue weighted by Gasteiger charge is -2.16. The van der Waals surface area contributed by atoms with Gasteiger partial charge in [-0.15, -0.1) is 0 Å². The molecule has 0 bridgehead atoms. The number of methoxy groups -OCH3 is 1. The van der Waals surface area contributed by atoms with Gasteiger partial charge in [0.25, 0.3) is 0 Å². The molecule has 18 heavy (non-hydrogen) atoms. The van der Waals surface area contributed by atoms with Crippen molar-refractivity contribution in [2.75, 3.05) is 19.0 Å². The number of aromatic carboxylic acids is 1. The lowest BCUT2D eigenvalue weighted by atomic mass is 10.2. The van der Waals surface area contributed by atoms with Gasteiger partial charge in [-0.2, -0.15) is 0 Å². The molecule has 0 heterocycles. The number of carboxylic acid groups (broad SMARTS) is 1. The molecule has 0 aliphatic rings. The minimum atomic E-state index is -0.900. The third-order valence-electron chi connectivity index (χ3n) is 2.35. The number of rotatable bonds is 5. The number of benzene rings is 1. The zero-order chi connectivity index (χ0) is 13.9. The van der Waals surface area contributed by atoms with Crippen molar-refractivity contribution in [1.82, 2.24) is 0 Å². The molecule has 1 aromatic rings. The number of anilines is 1. The first-order valence-electron chi connectivity index (χ1n) is 5.06. The third kappa shape index (κ3) is 4.07. The van der Waals surface area contributed by atoms with Crippen molar-refractivity contribution in [3.63, 3.8) is 0 Å². The Morgan fingerprint density at radius 2 is 2.06 bits per heavy atom. The summed E-state index contributed by atoms with van der Waals surface area (Å²) in [7, 11) is 1.65. The second kappa shape index (κ2) is 7.43. The number of hydrogen-bond acceptors (Lipinski definition) is 3. The monoisotopic (exact) mass is 587 g/mol. The quantitative estimate of drug-likeness (QED) is 0.518. The number of carbonyl (C=O) groups is 1. The Hall–Kier alpha value is 0.640. The smallest absolute Gasteiger partial charge is 0.337 e. The summed E-state index contributed by atoms with van der Waals surface area (Å²) in [6, 6.07) is 1.87. The molecule has 0 aliphatic carbocycles. The van der Waals surface area contributed by atoms with Crippen molar-refractivity contribution in [2.24, 2.45) is 0 Å². The minimum absolute atomic E-state index is 0.0733. The first-order valence-corrected chi connectivity index (χ1v) is 8.29. The fourth-order valence-electron chi connectivity index (χ4n) is 1.28. The lowest BCUT2D eigenvalue weighted by molar-refractivity contribution is 0.0694. The van der Waals surface area contributed by atoms with E-state index in [0.29, 0.717) is 12.1 Å². The fourth-order valence-corrected chi connectivity index (χ4v) is 5.49. The van der Waals surface area contributed by atoms with Crippen LogP contribution in [0.2, 0.25) is 0 Å². The molecule has 0 fully saturated rings. The summed E-state index contributed by atoms with van der Waals surface area (Å²) in [5, 5.41) is 12.5. The standard InChI is InChI=1S/C11H12I3NO3/c1-5(18-2)4-15-10-7(13)3-6(12)8(9(10)14)11(16)17/h3,5,15H,4H2,1-2H3,(H,16,17). The molecule has 0 radical (unpaired) electrons. The van der Waals surface area contributed by atoms with Crippen LogP contribution in [0.3, 0.4) is 0 Å². The van der Waals surface area contributed by atoms with Crippen LogP contribution in [0.1, 0.15) is 17.3 Å². The molecule has 0 saturated carbocycles. The summed E-state index contributed by atoms with van der Waals surface area (Å²) in [6.07, 6.45) is 0.0733. The van der Waals surface area contributed by atoms with E-state index in [1.807, 2.05) is 35.6 Å². The molecular formula is C11H12I3NO3. The summed E-state index contributed by atoms with van der Waals surface area (Å²) in [6.45, 7) is 2.60. The number of halogens is 3. The van der Waals surface area contributed by atoms with E-state index in [1.54, 1.807) is 7.11 Å². The molecule has 100 valence electrons. The van der Waals surface area contributed by atoms with Crippen LogP contribution in [-0.4, -0.2) is 30.8 Å². The molecule has 0 amide bonds. The van der Waals surface area contributed by atoms with Crippen molar-refractivity contribution in [1.29, 1.82) is 0 Å². The molecule has 0 saturated heterocycles. The van der Waals surface area contributed by atoms with Gasteiger partial charge in [0.2, 0.25) is 0 Å². The molecule has 1 atom stereocenters. The second-order valence-corrected chi connectivity index (χ2v) is 7.04. The van der Waals surface area contributed by atoms with Crippen LogP contribution in [-0.2, 0) is 4.74 Å². The van der Waals surface area contributed by atoms with Crippen LogP contribution in [0, 0.1) is 10.7 Å². The Morgan fingerprint density at radius 1 is 1.44 bits per heavy atom. The Kier molecular flexibility index (Phi) is 6.89. The van der Waals surface area contributed by atoms with Crippen molar-refractivity contribution < 1.29 is 14.6 Å². The van der Waals surface area contributed by atoms with Crippen LogP contribution < -0.4 is 5.32 Å². The predicted molar refractivity (Wildman–Crippen MR) is 96.5 cm³/mol. The Morgan fingerprint density at radius 3 is 2.56 bits per heavy atom. The topological polar surface area (TPSA) is 58.6 Å². The van der Waals surface area contributed by atoms with Crippen molar-refractivity contribution in [3.8, 4) is 0 Å².